The summed E-state index contributed by atoms with van der Waals surface area (Å²) in [5.74, 6) is 1.40. The average Bonchev–Trinajstić information content (AvgIpc) is 2.93. The Morgan fingerprint density at radius 2 is 2.20 bits per heavy atom. The quantitative estimate of drug-likeness (QED) is 0.808. The molecule has 4 heteroatoms. The zero-order valence-electron chi connectivity index (χ0n) is 12.1. The maximum absolute atomic E-state index is 5.82. The van der Waals surface area contributed by atoms with Crippen molar-refractivity contribution in [2.75, 3.05) is 13.2 Å². The third-order valence-electron chi connectivity index (χ3n) is 2.89. The van der Waals surface area contributed by atoms with Gasteiger partial charge in [-0.1, -0.05) is 26.0 Å². The summed E-state index contributed by atoms with van der Waals surface area (Å²) in [7, 11) is 0. The topological polar surface area (TPSA) is 34.2 Å². The normalized spacial score (nSPS) is 10.9. The molecule has 2 heterocycles. The smallest absolute Gasteiger partial charge is 0.217 e. The van der Waals surface area contributed by atoms with Crippen molar-refractivity contribution in [3.05, 3.63) is 46.3 Å². The SMILES string of the molecule is CC(C)CNCc1cccnc1OCCc1cccs1. The highest BCUT2D eigenvalue weighted by Crippen LogP contribution is 2.15. The molecule has 0 saturated carbocycles. The predicted molar refractivity (Wildman–Crippen MR) is 84.3 cm³/mol. The van der Waals surface area contributed by atoms with Gasteiger partial charge in [0.1, 0.15) is 0 Å². The van der Waals surface area contributed by atoms with Gasteiger partial charge in [0.15, 0.2) is 0 Å². The fourth-order valence-corrected chi connectivity index (χ4v) is 2.58. The highest BCUT2D eigenvalue weighted by Gasteiger charge is 2.05. The van der Waals surface area contributed by atoms with Gasteiger partial charge in [0.05, 0.1) is 6.61 Å². The van der Waals surface area contributed by atoms with E-state index < -0.39 is 0 Å². The van der Waals surface area contributed by atoms with Gasteiger partial charge in [0, 0.05) is 29.6 Å². The maximum Gasteiger partial charge on any atom is 0.217 e. The number of nitrogens with zero attached hydrogens (tertiary/aromatic N) is 1. The van der Waals surface area contributed by atoms with Gasteiger partial charge in [-0.2, -0.15) is 0 Å². The second-order valence-corrected chi connectivity index (χ2v) is 6.20. The number of rotatable bonds is 8. The van der Waals surface area contributed by atoms with Gasteiger partial charge in [-0.3, -0.25) is 0 Å². The molecule has 2 aromatic heterocycles. The van der Waals surface area contributed by atoms with Crippen LogP contribution in [-0.4, -0.2) is 18.1 Å². The van der Waals surface area contributed by atoms with Gasteiger partial charge in [-0.15, -0.1) is 11.3 Å². The summed E-state index contributed by atoms with van der Waals surface area (Å²) in [6.45, 7) is 6.89. The molecule has 0 amide bonds. The molecule has 2 rings (SSSR count). The molecule has 108 valence electrons. The van der Waals surface area contributed by atoms with Gasteiger partial charge < -0.3 is 10.1 Å². The van der Waals surface area contributed by atoms with Crippen LogP contribution in [0.5, 0.6) is 5.88 Å². The van der Waals surface area contributed by atoms with Gasteiger partial charge >= 0.3 is 0 Å². The standard InChI is InChI=1S/C16H22N2OS/c1-13(2)11-17-12-14-5-3-8-18-16(14)19-9-7-15-6-4-10-20-15/h3-6,8,10,13,17H,7,9,11-12H2,1-2H3. The van der Waals surface area contributed by atoms with Gasteiger partial charge in [0.25, 0.3) is 0 Å². The molecular weight excluding hydrogens is 268 g/mol. The predicted octanol–water partition coefficient (Wildman–Crippen LogP) is 3.51. The van der Waals surface area contributed by atoms with Crippen molar-refractivity contribution in [1.29, 1.82) is 0 Å². The van der Waals surface area contributed by atoms with Crippen molar-refractivity contribution in [2.24, 2.45) is 5.92 Å². The van der Waals surface area contributed by atoms with Crippen molar-refractivity contribution in [3.63, 3.8) is 0 Å². The van der Waals surface area contributed by atoms with Gasteiger partial charge in [-0.25, -0.2) is 4.98 Å². The van der Waals surface area contributed by atoms with Crippen LogP contribution >= 0.6 is 11.3 Å². The zero-order chi connectivity index (χ0) is 14.2. The van der Waals surface area contributed by atoms with Crippen LogP contribution in [-0.2, 0) is 13.0 Å². The second kappa shape index (κ2) is 8.02. The Bertz CT molecular complexity index is 497. The first-order valence-corrected chi connectivity index (χ1v) is 7.93. The van der Waals surface area contributed by atoms with Crippen LogP contribution in [0.15, 0.2) is 35.8 Å². The van der Waals surface area contributed by atoms with E-state index in [9.17, 15) is 0 Å². The molecule has 20 heavy (non-hydrogen) atoms. The Kier molecular flexibility index (Phi) is 6.02. The minimum absolute atomic E-state index is 0.648. The molecule has 0 unspecified atom stereocenters. The van der Waals surface area contributed by atoms with Gasteiger partial charge in [-0.05, 0) is 30.0 Å². The maximum atomic E-state index is 5.82. The number of nitrogens with one attached hydrogen (secondary N) is 1. The Balaban J connectivity index is 1.83. The number of aromatic nitrogens is 1. The fourth-order valence-electron chi connectivity index (χ4n) is 1.89. The highest BCUT2D eigenvalue weighted by atomic mass is 32.1. The van der Waals surface area contributed by atoms with E-state index in [1.807, 2.05) is 6.07 Å². The average molecular weight is 290 g/mol. The van der Waals surface area contributed by atoms with E-state index in [-0.39, 0.29) is 0 Å². The van der Waals surface area contributed by atoms with E-state index in [1.54, 1.807) is 17.5 Å². The summed E-state index contributed by atoms with van der Waals surface area (Å²) in [5.41, 5.74) is 1.12. The van der Waals surface area contributed by atoms with Crippen LogP contribution < -0.4 is 10.1 Å². The molecule has 0 aromatic carbocycles. The largest absolute Gasteiger partial charge is 0.477 e. The molecule has 0 aliphatic heterocycles. The Hall–Kier alpha value is -1.39. The summed E-state index contributed by atoms with van der Waals surface area (Å²) >= 11 is 1.77. The van der Waals surface area contributed by atoms with Crippen LogP contribution in [0.3, 0.4) is 0 Å². The molecule has 0 aliphatic carbocycles. The third-order valence-corrected chi connectivity index (χ3v) is 3.82. The monoisotopic (exact) mass is 290 g/mol. The molecule has 0 aliphatic rings. The van der Waals surface area contributed by atoms with Crippen molar-refractivity contribution in [3.8, 4) is 5.88 Å². The third kappa shape index (κ3) is 4.94. The van der Waals surface area contributed by atoms with E-state index in [1.165, 1.54) is 4.88 Å². The summed E-state index contributed by atoms with van der Waals surface area (Å²) < 4.78 is 5.82. The first-order chi connectivity index (χ1) is 9.75. The molecule has 0 atom stereocenters. The van der Waals surface area contributed by atoms with Crippen molar-refractivity contribution >= 4 is 11.3 Å². The Morgan fingerprint density at radius 1 is 1.30 bits per heavy atom. The number of hydrogen-bond acceptors (Lipinski definition) is 4. The molecular formula is C16H22N2OS. The minimum atomic E-state index is 0.648. The molecule has 0 fully saturated rings. The molecule has 0 spiro atoms. The zero-order valence-corrected chi connectivity index (χ0v) is 13.0. The van der Waals surface area contributed by atoms with E-state index >= 15 is 0 Å². The summed E-state index contributed by atoms with van der Waals surface area (Å²) in [6, 6.07) is 8.24. The molecule has 0 bridgehead atoms. The van der Waals surface area contributed by atoms with Crippen LogP contribution in [0, 0.1) is 5.92 Å². The minimum Gasteiger partial charge on any atom is -0.477 e. The lowest BCUT2D eigenvalue weighted by Crippen LogP contribution is -2.19. The first-order valence-electron chi connectivity index (χ1n) is 7.05. The van der Waals surface area contributed by atoms with Gasteiger partial charge in [0.2, 0.25) is 5.88 Å². The van der Waals surface area contributed by atoms with Crippen molar-refractivity contribution in [2.45, 2.75) is 26.8 Å². The van der Waals surface area contributed by atoms with E-state index in [2.05, 4.69) is 47.7 Å². The van der Waals surface area contributed by atoms with Crippen LogP contribution in [0.25, 0.3) is 0 Å². The number of hydrogen-bond donors (Lipinski definition) is 1. The molecule has 2 aromatic rings. The highest BCUT2D eigenvalue weighted by molar-refractivity contribution is 7.09. The second-order valence-electron chi connectivity index (χ2n) is 5.17. The number of ether oxygens (including phenoxy) is 1. The van der Waals surface area contributed by atoms with Crippen LogP contribution in [0.2, 0.25) is 0 Å². The van der Waals surface area contributed by atoms with Crippen molar-refractivity contribution < 1.29 is 4.74 Å². The lowest BCUT2D eigenvalue weighted by Gasteiger charge is -2.11. The Labute approximate surface area is 125 Å². The van der Waals surface area contributed by atoms with E-state index in [4.69, 9.17) is 4.74 Å². The lowest BCUT2D eigenvalue weighted by atomic mass is 10.2. The summed E-state index contributed by atoms with van der Waals surface area (Å²) in [4.78, 5) is 5.68. The number of thiophene rings is 1. The summed E-state index contributed by atoms with van der Waals surface area (Å²) in [6.07, 6.45) is 2.72. The number of pyridine rings is 1. The fraction of sp³-hybridized carbons (Fsp3) is 0.438. The summed E-state index contributed by atoms with van der Waals surface area (Å²) in [5, 5.41) is 5.52. The first kappa shape index (κ1) is 15.0. The van der Waals surface area contributed by atoms with Crippen molar-refractivity contribution in [1.82, 2.24) is 10.3 Å². The molecule has 1 N–H and O–H groups in total. The molecule has 0 radical (unpaired) electrons. The van der Waals surface area contributed by atoms with E-state index in [0.717, 1.165) is 31.0 Å². The Morgan fingerprint density at radius 3 is 2.95 bits per heavy atom. The van der Waals surface area contributed by atoms with Crippen LogP contribution in [0.1, 0.15) is 24.3 Å². The lowest BCUT2D eigenvalue weighted by molar-refractivity contribution is 0.305. The molecule has 0 saturated heterocycles. The van der Waals surface area contributed by atoms with E-state index in [0.29, 0.717) is 12.5 Å². The van der Waals surface area contributed by atoms with Crippen LogP contribution in [0.4, 0.5) is 0 Å². The molecule has 3 nitrogen and oxygen atoms in total.